The molecule has 0 aromatic heterocycles. The van der Waals surface area contributed by atoms with Crippen LogP contribution in [0.3, 0.4) is 0 Å². The van der Waals surface area contributed by atoms with E-state index in [-0.39, 0.29) is 0 Å². The Labute approximate surface area is 132 Å². The molecule has 0 aromatic carbocycles. The van der Waals surface area contributed by atoms with Crippen LogP contribution in [-0.4, -0.2) is 55.5 Å². The second kappa shape index (κ2) is 11.8. The van der Waals surface area contributed by atoms with Crippen molar-refractivity contribution in [2.45, 2.75) is 52.1 Å². The van der Waals surface area contributed by atoms with E-state index in [1.165, 1.54) is 21.3 Å². The fourth-order valence-corrected chi connectivity index (χ4v) is 4.49. The molecule has 130 valence electrons. The molecule has 0 aromatic rings. The first-order valence-electron chi connectivity index (χ1n) is 7.05. The fraction of sp³-hybridized carbons (Fsp3) is 1.00. The van der Waals surface area contributed by atoms with Crippen molar-refractivity contribution < 1.29 is 27.5 Å². The molecule has 0 aliphatic heterocycles. The number of methoxy groups -OCH3 is 3. The maximum Gasteiger partial charge on any atom is 0.506 e. The minimum Gasteiger partial charge on any atom is -0.357 e. The lowest BCUT2D eigenvalue weighted by molar-refractivity contribution is -0.163. The SMILES string of the molecule is COC(C)O[Si](CCCN=[N+]=[N-])(OC(C)OC)OC(C)OC. The van der Waals surface area contributed by atoms with E-state index in [9.17, 15) is 0 Å². The second-order valence-electron chi connectivity index (χ2n) is 4.50. The van der Waals surface area contributed by atoms with Gasteiger partial charge in [0.25, 0.3) is 0 Å². The van der Waals surface area contributed by atoms with Crippen molar-refractivity contribution in [3.63, 3.8) is 0 Å². The summed E-state index contributed by atoms with van der Waals surface area (Å²) in [6, 6.07) is 0.446. The number of hydrogen-bond donors (Lipinski definition) is 0. The highest BCUT2D eigenvalue weighted by molar-refractivity contribution is 6.60. The minimum atomic E-state index is -3.16. The van der Waals surface area contributed by atoms with Crippen molar-refractivity contribution in [1.29, 1.82) is 0 Å². The van der Waals surface area contributed by atoms with E-state index in [2.05, 4.69) is 10.0 Å². The Balaban J connectivity index is 5.12. The van der Waals surface area contributed by atoms with Gasteiger partial charge in [-0.3, -0.25) is 0 Å². The van der Waals surface area contributed by atoms with E-state index in [0.29, 0.717) is 19.0 Å². The highest BCUT2D eigenvalue weighted by atomic mass is 28.4. The molecule has 0 amide bonds. The van der Waals surface area contributed by atoms with Gasteiger partial charge in [0.2, 0.25) is 0 Å². The Kier molecular flexibility index (Phi) is 11.4. The zero-order valence-corrected chi connectivity index (χ0v) is 15.1. The van der Waals surface area contributed by atoms with Gasteiger partial charge in [0.05, 0.1) is 0 Å². The van der Waals surface area contributed by atoms with Gasteiger partial charge in [-0.05, 0) is 32.7 Å². The fourth-order valence-electron chi connectivity index (χ4n) is 1.57. The summed E-state index contributed by atoms with van der Waals surface area (Å²) in [6.45, 7) is 5.57. The monoisotopic (exact) mass is 337 g/mol. The quantitative estimate of drug-likeness (QED) is 0.128. The average Bonchev–Trinajstić information content (AvgIpc) is 2.51. The number of hydrogen-bond acceptors (Lipinski definition) is 7. The van der Waals surface area contributed by atoms with E-state index >= 15 is 0 Å². The summed E-state index contributed by atoms with van der Waals surface area (Å²) in [4.78, 5) is 2.73. The number of ether oxygens (including phenoxy) is 3. The van der Waals surface area contributed by atoms with Crippen LogP contribution in [0.4, 0.5) is 0 Å². The predicted octanol–water partition coefficient (Wildman–Crippen LogP) is 2.65. The van der Waals surface area contributed by atoms with E-state index < -0.39 is 27.7 Å². The number of rotatable bonds is 13. The van der Waals surface area contributed by atoms with E-state index in [4.69, 9.17) is 33.0 Å². The molecule has 3 atom stereocenters. The van der Waals surface area contributed by atoms with Crippen LogP contribution in [0, 0.1) is 0 Å². The first-order valence-corrected chi connectivity index (χ1v) is 8.99. The molecule has 3 unspecified atom stereocenters. The van der Waals surface area contributed by atoms with Crippen molar-refractivity contribution in [3.8, 4) is 0 Å². The molecule has 0 bridgehead atoms. The predicted molar refractivity (Wildman–Crippen MR) is 81.9 cm³/mol. The van der Waals surface area contributed by atoms with Crippen LogP contribution in [0.5, 0.6) is 0 Å². The van der Waals surface area contributed by atoms with Crippen LogP contribution >= 0.6 is 0 Å². The molecule has 0 spiro atoms. The average molecular weight is 337 g/mol. The van der Waals surface area contributed by atoms with Gasteiger partial charge >= 0.3 is 8.80 Å². The largest absolute Gasteiger partial charge is 0.506 e. The summed E-state index contributed by atoms with van der Waals surface area (Å²) in [5.41, 5.74) is 8.36. The number of nitrogens with zero attached hydrogens (tertiary/aromatic N) is 3. The van der Waals surface area contributed by atoms with Gasteiger partial charge in [0.1, 0.15) is 18.9 Å². The molecule has 22 heavy (non-hydrogen) atoms. The second-order valence-corrected chi connectivity index (χ2v) is 7.08. The molecule has 0 rings (SSSR count). The third-order valence-corrected chi connectivity index (χ3v) is 5.88. The maximum atomic E-state index is 8.36. The maximum absolute atomic E-state index is 8.36. The summed E-state index contributed by atoms with van der Waals surface area (Å²) in [6.07, 6.45) is -0.989. The number of azide groups is 1. The highest BCUT2D eigenvalue weighted by Gasteiger charge is 2.45. The summed E-state index contributed by atoms with van der Waals surface area (Å²) >= 11 is 0. The molecule has 0 saturated heterocycles. The Morgan fingerprint density at radius 1 is 0.909 bits per heavy atom. The van der Waals surface area contributed by atoms with E-state index in [1.54, 1.807) is 20.8 Å². The molecule has 0 heterocycles. The molecule has 0 fully saturated rings. The molecule has 0 N–H and O–H groups in total. The van der Waals surface area contributed by atoms with Crippen molar-refractivity contribution in [1.82, 2.24) is 0 Å². The first-order chi connectivity index (χ1) is 10.4. The molecule has 0 saturated carbocycles. The van der Waals surface area contributed by atoms with Crippen molar-refractivity contribution in [2.24, 2.45) is 5.11 Å². The summed E-state index contributed by atoms with van der Waals surface area (Å²) in [7, 11) is 1.44. The zero-order chi connectivity index (χ0) is 17.0. The summed E-state index contributed by atoms with van der Waals surface area (Å²) in [5, 5.41) is 3.52. The Morgan fingerprint density at radius 3 is 1.64 bits per heavy atom. The summed E-state index contributed by atoms with van der Waals surface area (Å²) in [5.74, 6) is 0. The lowest BCUT2D eigenvalue weighted by atomic mass is 10.5. The normalized spacial score (nSPS) is 18.1. The topological polar surface area (TPSA) is 104 Å². The van der Waals surface area contributed by atoms with Gasteiger partial charge in [0, 0.05) is 38.8 Å². The Bertz CT molecular complexity index is 312. The van der Waals surface area contributed by atoms with Crippen LogP contribution < -0.4 is 0 Å². The van der Waals surface area contributed by atoms with Gasteiger partial charge in [-0.25, -0.2) is 0 Å². The molecule has 0 aliphatic carbocycles. The van der Waals surface area contributed by atoms with Gasteiger partial charge in [-0.15, -0.1) is 0 Å². The van der Waals surface area contributed by atoms with Crippen molar-refractivity contribution in [3.05, 3.63) is 10.4 Å². The van der Waals surface area contributed by atoms with Crippen molar-refractivity contribution >= 4 is 8.80 Å². The van der Waals surface area contributed by atoms with E-state index in [1.807, 2.05) is 0 Å². The van der Waals surface area contributed by atoms with Crippen LogP contribution in [0.25, 0.3) is 10.4 Å². The highest BCUT2D eigenvalue weighted by Crippen LogP contribution is 2.24. The third-order valence-electron chi connectivity index (χ3n) is 2.84. The molecule has 0 aliphatic rings. The zero-order valence-electron chi connectivity index (χ0n) is 14.1. The molecule has 9 nitrogen and oxygen atoms in total. The van der Waals surface area contributed by atoms with Gasteiger partial charge in [0.15, 0.2) is 0 Å². The standard InChI is InChI=1S/C12H27N3O6Si/c1-10(16-4)19-22(20-11(2)17-5,21-12(3)18-6)9-7-8-14-15-13/h10-12H,7-9H2,1-6H3. The summed E-state index contributed by atoms with van der Waals surface area (Å²) < 4.78 is 33.1. The lowest BCUT2D eigenvalue weighted by Crippen LogP contribution is -2.52. The van der Waals surface area contributed by atoms with Crippen LogP contribution in [0.2, 0.25) is 6.04 Å². The van der Waals surface area contributed by atoms with Gasteiger partial charge < -0.3 is 27.5 Å². The van der Waals surface area contributed by atoms with E-state index in [0.717, 1.165) is 0 Å². The van der Waals surface area contributed by atoms with Crippen LogP contribution in [0.15, 0.2) is 5.11 Å². The first kappa shape index (κ1) is 21.3. The lowest BCUT2D eigenvalue weighted by Gasteiger charge is -2.35. The minimum absolute atomic E-state index is 0.325. The van der Waals surface area contributed by atoms with Crippen LogP contribution in [-0.2, 0) is 27.5 Å². The molecule has 10 heteroatoms. The Hall–Kier alpha value is -0.713. The van der Waals surface area contributed by atoms with Crippen molar-refractivity contribution in [2.75, 3.05) is 27.9 Å². The smallest absolute Gasteiger partial charge is 0.357 e. The molecular formula is C12H27N3O6Si. The van der Waals surface area contributed by atoms with Gasteiger partial charge in [-0.1, -0.05) is 5.11 Å². The third kappa shape index (κ3) is 8.66. The molecule has 0 radical (unpaired) electrons. The van der Waals surface area contributed by atoms with Crippen LogP contribution in [0.1, 0.15) is 27.2 Å². The Morgan fingerprint density at radius 2 is 1.32 bits per heavy atom. The van der Waals surface area contributed by atoms with Gasteiger partial charge in [-0.2, -0.15) is 0 Å². The molecular weight excluding hydrogens is 310 g/mol.